The van der Waals surface area contributed by atoms with Crippen LogP contribution in [0.15, 0.2) is 30.6 Å². The number of hydrogen-bond acceptors (Lipinski definition) is 4. The molecule has 5 nitrogen and oxygen atoms in total. The number of nitrogens with one attached hydrogen (secondary N) is 1. The molecule has 2 aromatic rings. The molecular formula is C11H14N4O. The number of aromatic nitrogens is 3. The van der Waals surface area contributed by atoms with Gasteiger partial charge in [0.05, 0.1) is 19.3 Å². The zero-order valence-corrected chi connectivity index (χ0v) is 9.34. The first kappa shape index (κ1) is 10.5. The summed E-state index contributed by atoms with van der Waals surface area (Å²) in [5.74, 6) is 1.48. The quantitative estimate of drug-likeness (QED) is 0.843. The van der Waals surface area contributed by atoms with Crippen LogP contribution in [0, 0.1) is 0 Å². The predicted octanol–water partition coefficient (Wildman–Crippen LogP) is 1.44. The first-order chi connectivity index (χ1) is 7.81. The second-order valence-electron chi connectivity index (χ2n) is 3.35. The Bertz CT molecular complexity index is 467. The van der Waals surface area contributed by atoms with Crippen molar-refractivity contribution >= 4 is 5.82 Å². The maximum absolute atomic E-state index is 5.20. The lowest BCUT2D eigenvalue weighted by atomic mass is 10.4. The van der Waals surface area contributed by atoms with Crippen molar-refractivity contribution in [2.45, 2.75) is 6.54 Å². The van der Waals surface area contributed by atoms with Crippen LogP contribution in [-0.2, 0) is 13.6 Å². The van der Waals surface area contributed by atoms with E-state index in [1.165, 1.54) is 0 Å². The van der Waals surface area contributed by atoms with Gasteiger partial charge in [0.1, 0.15) is 0 Å². The van der Waals surface area contributed by atoms with Gasteiger partial charge in [0, 0.05) is 19.4 Å². The molecule has 0 saturated heterocycles. The Labute approximate surface area is 94.1 Å². The van der Waals surface area contributed by atoms with Crippen LogP contribution in [0.1, 0.15) is 5.69 Å². The molecule has 0 bridgehead atoms. The van der Waals surface area contributed by atoms with E-state index in [9.17, 15) is 0 Å². The van der Waals surface area contributed by atoms with Gasteiger partial charge in [-0.1, -0.05) is 0 Å². The van der Waals surface area contributed by atoms with Gasteiger partial charge in [-0.25, -0.2) is 4.98 Å². The normalized spacial score (nSPS) is 10.1. The summed E-state index contributed by atoms with van der Waals surface area (Å²) < 4.78 is 7.02. The molecule has 0 amide bonds. The second kappa shape index (κ2) is 4.65. The molecule has 0 aliphatic heterocycles. The van der Waals surface area contributed by atoms with Gasteiger partial charge >= 0.3 is 0 Å². The van der Waals surface area contributed by atoms with Crippen LogP contribution in [-0.4, -0.2) is 21.9 Å². The monoisotopic (exact) mass is 218 g/mol. The molecule has 0 atom stereocenters. The molecule has 2 aromatic heterocycles. The van der Waals surface area contributed by atoms with Gasteiger partial charge in [0.25, 0.3) is 0 Å². The third-order valence-electron chi connectivity index (χ3n) is 2.35. The first-order valence-electron chi connectivity index (χ1n) is 5.01. The van der Waals surface area contributed by atoms with Gasteiger partial charge in [-0.15, -0.1) is 0 Å². The molecule has 84 valence electrons. The maximum Gasteiger partial charge on any atom is 0.169 e. The molecule has 0 aliphatic rings. The fourth-order valence-electron chi connectivity index (χ4n) is 1.44. The van der Waals surface area contributed by atoms with E-state index in [-0.39, 0.29) is 0 Å². The summed E-state index contributed by atoms with van der Waals surface area (Å²) in [6.45, 7) is 0.671. The SMILES string of the molecule is COc1cccnc1NCc1ccnn1C. The number of ether oxygens (including phenoxy) is 1. The number of rotatable bonds is 4. The minimum absolute atomic E-state index is 0.671. The number of aryl methyl sites for hydroxylation is 1. The van der Waals surface area contributed by atoms with E-state index in [1.54, 1.807) is 19.5 Å². The van der Waals surface area contributed by atoms with E-state index in [0.717, 1.165) is 17.3 Å². The Morgan fingerprint density at radius 3 is 2.94 bits per heavy atom. The summed E-state index contributed by atoms with van der Waals surface area (Å²) in [7, 11) is 3.54. The molecule has 0 saturated carbocycles. The second-order valence-corrected chi connectivity index (χ2v) is 3.35. The van der Waals surface area contributed by atoms with Crippen LogP contribution >= 0.6 is 0 Å². The molecule has 5 heteroatoms. The molecule has 2 rings (SSSR count). The van der Waals surface area contributed by atoms with Crippen LogP contribution in [0.25, 0.3) is 0 Å². The van der Waals surface area contributed by atoms with Crippen molar-refractivity contribution in [3.05, 3.63) is 36.3 Å². The van der Waals surface area contributed by atoms with E-state index >= 15 is 0 Å². The van der Waals surface area contributed by atoms with Crippen LogP contribution in [0.2, 0.25) is 0 Å². The molecule has 16 heavy (non-hydrogen) atoms. The van der Waals surface area contributed by atoms with Crippen LogP contribution < -0.4 is 10.1 Å². The Kier molecular flexibility index (Phi) is 3.05. The zero-order chi connectivity index (χ0) is 11.4. The highest BCUT2D eigenvalue weighted by molar-refractivity contribution is 5.49. The van der Waals surface area contributed by atoms with E-state index in [1.807, 2.05) is 29.9 Å². The van der Waals surface area contributed by atoms with Gasteiger partial charge < -0.3 is 10.1 Å². The van der Waals surface area contributed by atoms with E-state index in [2.05, 4.69) is 15.4 Å². The lowest BCUT2D eigenvalue weighted by Gasteiger charge is -2.09. The highest BCUT2D eigenvalue weighted by Crippen LogP contribution is 2.20. The average Bonchev–Trinajstić information content (AvgIpc) is 2.72. The van der Waals surface area contributed by atoms with Crippen molar-refractivity contribution in [2.75, 3.05) is 12.4 Å². The highest BCUT2D eigenvalue weighted by Gasteiger charge is 2.03. The van der Waals surface area contributed by atoms with Crippen molar-refractivity contribution < 1.29 is 4.74 Å². The molecular weight excluding hydrogens is 204 g/mol. The van der Waals surface area contributed by atoms with Crippen LogP contribution in [0.5, 0.6) is 5.75 Å². The van der Waals surface area contributed by atoms with Crippen molar-refractivity contribution in [3.8, 4) is 5.75 Å². The largest absolute Gasteiger partial charge is 0.493 e. The van der Waals surface area contributed by atoms with Crippen LogP contribution in [0.3, 0.4) is 0 Å². The maximum atomic E-state index is 5.20. The van der Waals surface area contributed by atoms with Crippen LogP contribution in [0.4, 0.5) is 5.82 Å². The van der Waals surface area contributed by atoms with E-state index in [0.29, 0.717) is 6.54 Å². The summed E-state index contributed by atoms with van der Waals surface area (Å²) in [4.78, 5) is 4.21. The zero-order valence-electron chi connectivity index (χ0n) is 9.34. The summed E-state index contributed by atoms with van der Waals surface area (Å²) >= 11 is 0. The van der Waals surface area contributed by atoms with Gasteiger partial charge in [-0.2, -0.15) is 5.10 Å². The standard InChI is InChI=1S/C11H14N4O/c1-15-9(5-7-14-15)8-13-11-10(16-2)4-3-6-12-11/h3-7H,8H2,1-2H3,(H,12,13). The predicted molar refractivity (Wildman–Crippen MR) is 61.3 cm³/mol. The summed E-state index contributed by atoms with van der Waals surface area (Å²) in [5.41, 5.74) is 1.09. The van der Waals surface area contributed by atoms with Gasteiger partial charge in [0.15, 0.2) is 11.6 Å². The van der Waals surface area contributed by atoms with E-state index < -0.39 is 0 Å². The van der Waals surface area contributed by atoms with Gasteiger partial charge in [-0.3, -0.25) is 4.68 Å². The summed E-state index contributed by atoms with van der Waals surface area (Å²) in [6, 6.07) is 5.68. The topological polar surface area (TPSA) is 52.0 Å². The third-order valence-corrected chi connectivity index (χ3v) is 2.35. The van der Waals surface area contributed by atoms with Gasteiger partial charge in [-0.05, 0) is 18.2 Å². The smallest absolute Gasteiger partial charge is 0.169 e. The van der Waals surface area contributed by atoms with Crippen molar-refractivity contribution in [1.29, 1.82) is 0 Å². The fraction of sp³-hybridized carbons (Fsp3) is 0.273. The fourth-order valence-corrected chi connectivity index (χ4v) is 1.44. The molecule has 0 unspecified atom stereocenters. The molecule has 0 radical (unpaired) electrons. The number of methoxy groups -OCH3 is 1. The van der Waals surface area contributed by atoms with Crippen molar-refractivity contribution in [1.82, 2.24) is 14.8 Å². The summed E-state index contributed by atoms with van der Waals surface area (Å²) in [6.07, 6.45) is 3.50. The highest BCUT2D eigenvalue weighted by atomic mass is 16.5. The Balaban J connectivity index is 2.07. The number of anilines is 1. The number of nitrogens with zero attached hydrogens (tertiary/aromatic N) is 3. The third kappa shape index (κ3) is 2.13. The average molecular weight is 218 g/mol. The first-order valence-corrected chi connectivity index (χ1v) is 5.01. The Hall–Kier alpha value is -2.04. The molecule has 0 aromatic carbocycles. The molecule has 0 spiro atoms. The minimum Gasteiger partial charge on any atom is -0.493 e. The number of hydrogen-bond donors (Lipinski definition) is 1. The lowest BCUT2D eigenvalue weighted by molar-refractivity contribution is 0.414. The summed E-state index contributed by atoms with van der Waals surface area (Å²) in [5, 5.41) is 7.31. The molecule has 2 heterocycles. The van der Waals surface area contributed by atoms with Gasteiger partial charge in [0.2, 0.25) is 0 Å². The molecule has 0 aliphatic carbocycles. The van der Waals surface area contributed by atoms with Crippen molar-refractivity contribution in [3.63, 3.8) is 0 Å². The number of pyridine rings is 1. The Morgan fingerprint density at radius 1 is 1.38 bits per heavy atom. The van der Waals surface area contributed by atoms with E-state index in [4.69, 9.17) is 4.74 Å². The molecule has 0 fully saturated rings. The molecule has 1 N–H and O–H groups in total. The lowest BCUT2D eigenvalue weighted by Crippen LogP contribution is -2.07. The Morgan fingerprint density at radius 2 is 2.25 bits per heavy atom. The minimum atomic E-state index is 0.671. The van der Waals surface area contributed by atoms with Crippen molar-refractivity contribution in [2.24, 2.45) is 7.05 Å².